The lowest BCUT2D eigenvalue weighted by Crippen LogP contribution is -2.32. The lowest BCUT2D eigenvalue weighted by molar-refractivity contribution is 0.610. The predicted octanol–water partition coefficient (Wildman–Crippen LogP) is 1.90. The predicted molar refractivity (Wildman–Crippen MR) is 69.4 cm³/mol. The standard InChI is InChI=1S/C13H17FN4/c1-2-3-6-17-13(16)18-9-11-5-4-10(8-15)7-12(11)14/h4-5,7H,2-3,6,9H2,1H3,(H3,16,17,18). The third-order valence-electron chi connectivity index (χ3n) is 2.44. The molecule has 0 unspecified atom stereocenters. The Balaban J connectivity index is 2.57. The van der Waals surface area contributed by atoms with Gasteiger partial charge in [0.1, 0.15) is 5.82 Å². The number of guanidine groups is 1. The molecule has 0 fully saturated rings. The third kappa shape index (κ3) is 4.42. The molecule has 0 heterocycles. The second-order valence-corrected chi connectivity index (χ2v) is 3.90. The maximum atomic E-state index is 13.5. The van der Waals surface area contributed by atoms with Crippen LogP contribution < -0.4 is 11.1 Å². The molecule has 96 valence electrons. The summed E-state index contributed by atoms with van der Waals surface area (Å²) >= 11 is 0. The van der Waals surface area contributed by atoms with Crippen LogP contribution in [0.25, 0.3) is 0 Å². The summed E-state index contributed by atoms with van der Waals surface area (Å²) in [6, 6.07) is 6.20. The topological polar surface area (TPSA) is 74.2 Å². The number of hydrogen-bond acceptors (Lipinski definition) is 2. The van der Waals surface area contributed by atoms with Gasteiger partial charge in [-0.25, -0.2) is 9.38 Å². The average molecular weight is 248 g/mol. The molecule has 0 atom stereocenters. The van der Waals surface area contributed by atoms with Gasteiger partial charge >= 0.3 is 0 Å². The molecule has 0 saturated carbocycles. The summed E-state index contributed by atoms with van der Waals surface area (Å²) in [7, 11) is 0. The highest BCUT2D eigenvalue weighted by atomic mass is 19.1. The normalized spacial score (nSPS) is 11.1. The first-order valence-corrected chi connectivity index (χ1v) is 5.89. The number of benzene rings is 1. The van der Waals surface area contributed by atoms with E-state index in [1.54, 1.807) is 12.1 Å². The van der Waals surface area contributed by atoms with Crippen LogP contribution in [-0.2, 0) is 6.54 Å². The van der Waals surface area contributed by atoms with Crippen LogP contribution in [0.5, 0.6) is 0 Å². The fourth-order valence-electron chi connectivity index (χ4n) is 1.36. The van der Waals surface area contributed by atoms with Crippen LogP contribution in [0.15, 0.2) is 23.2 Å². The summed E-state index contributed by atoms with van der Waals surface area (Å²) in [6.07, 6.45) is 2.09. The highest BCUT2D eigenvalue weighted by molar-refractivity contribution is 5.77. The van der Waals surface area contributed by atoms with Crippen molar-refractivity contribution in [2.24, 2.45) is 10.7 Å². The Morgan fingerprint density at radius 2 is 2.33 bits per heavy atom. The number of rotatable bonds is 5. The van der Waals surface area contributed by atoms with Crippen LogP contribution in [0.3, 0.4) is 0 Å². The number of hydrogen-bond donors (Lipinski definition) is 2. The van der Waals surface area contributed by atoms with Crippen molar-refractivity contribution in [3.63, 3.8) is 0 Å². The quantitative estimate of drug-likeness (QED) is 0.475. The molecule has 0 spiro atoms. The zero-order valence-corrected chi connectivity index (χ0v) is 10.4. The molecule has 0 amide bonds. The number of nitrogens with two attached hydrogens (primary N) is 1. The molecular formula is C13H17FN4. The van der Waals surface area contributed by atoms with Crippen molar-refractivity contribution < 1.29 is 4.39 Å². The summed E-state index contributed by atoms with van der Waals surface area (Å²) in [5.41, 5.74) is 6.36. The summed E-state index contributed by atoms with van der Waals surface area (Å²) in [5.74, 6) is -0.119. The SMILES string of the molecule is CCCCNC(N)=NCc1ccc(C#N)cc1F. The van der Waals surface area contributed by atoms with E-state index in [0.29, 0.717) is 17.1 Å². The Morgan fingerprint density at radius 1 is 1.56 bits per heavy atom. The molecule has 0 saturated heterocycles. The van der Waals surface area contributed by atoms with Crippen LogP contribution in [0.4, 0.5) is 4.39 Å². The highest BCUT2D eigenvalue weighted by Gasteiger charge is 2.02. The lowest BCUT2D eigenvalue weighted by Gasteiger charge is -2.05. The van der Waals surface area contributed by atoms with E-state index in [2.05, 4.69) is 17.2 Å². The Hall–Kier alpha value is -2.09. The highest BCUT2D eigenvalue weighted by Crippen LogP contribution is 2.10. The van der Waals surface area contributed by atoms with Crippen LogP contribution >= 0.6 is 0 Å². The smallest absolute Gasteiger partial charge is 0.188 e. The van der Waals surface area contributed by atoms with Gasteiger partial charge in [-0.15, -0.1) is 0 Å². The number of halogens is 1. The summed E-state index contributed by atoms with van der Waals surface area (Å²) < 4.78 is 13.5. The maximum Gasteiger partial charge on any atom is 0.188 e. The monoisotopic (exact) mass is 248 g/mol. The van der Waals surface area contributed by atoms with Gasteiger partial charge in [0, 0.05) is 12.1 Å². The van der Waals surface area contributed by atoms with E-state index in [0.717, 1.165) is 19.4 Å². The molecule has 18 heavy (non-hydrogen) atoms. The van der Waals surface area contributed by atoms with Gasteiger partial charge in [0.15, 0.2) is 5.96 Å². The minimum absolute atomic E-state index is 0.169. The van der Waals surface area contributed by atoms with E-state index in [1.165, 1.54) is 6.07 Å². The van der Waals surface area contributed by atoms with Crippen molar-refractivity contribution in [3.8, 4) is 6.07 Å². The Labute approximate surface area is 106 Å². The first-order chi connectivity index (χ1) is 8.67. The molecule has 0 aliphatic heterocycles. The van der Waals surface area contributed by atoms with E-state index < -0.39 is 5.82 Å². The third-order valence-corrected chi connectivity index (χ3v) is 2.44. The molecule has 3 N–H and O–H groups in total. The maximum absolute atomic E-state index is 13.5. The van der Waals surface area contributed by atoms with Gasteiger partial charge in [-0.1, -0.05) is 19.4 Å². The van der Waals surface area contributed by atoms with Crippen LogP contribution in [0.2, 0.25) is 0 Å². The van der Waals surface area contributed by atoms with Crippen LogP contribution in [0.1, 0.15) is 30.9 Å². The van der Waals surface area contributed by atoms with E-state index >= 15 is 0 Å². The molecule has 1 rings (SSSR count). The number of nitrogens with one attached hydrogen (secondary N) is 1. The summed E-state index contributed by atoms with van der Waals surface area (Å²) in [5, 5.41) is 11.6. The van der Waals surface area contributed by atoms with Crippen LogP contribution in [0, 0.1) is 17.1 Å². The number of nitrogens with zero attached hydrogens (tertiary/aromatic N) is 2. The Bertz CT molecular complexity index is 463. The molecule has 0 bridgehead atoms. The number of aliphatic imine (C=N–C) groups is 1. The minimum Gasteiger partial charge on any atom is -0.370 e. The summed E-state index contributed by atoms with van der Waals surface area (Å²) in [4.78, 5) is 4.04. The average Bonchev–Trinajstić information content (AvgIpc) is 2.37. The number of unbranched alkanes of at least 4 members (excludes halogenated alkanes) is 1. The van der Waals surface area contributed by atoms with Crippen molar-refractivity contribution in [3.05, 3.63) is 35.1 Å². The molecule has 0 aromatic heterocycles. The second kappa shape index (κ2) is 7.28. The molecule has 0 radical (unpaired) electrons. The van der Waals surface area contributed by atoms with E-state index in [-0.39, 0.29) is 6.54 Å². The fraction of sp³-hybridized carbons (Fsp3) is 0.385. The van der Waals surface area contributed by atoms with Gasteiger partial charge in [-0.2, -0.15) is 5.26 Å². The van der Waals surface area contributed by atoms with Crippen molar-refractivity contribution in [2.45, 2.75) is 26.3 Å². The zero-order valence-electron chi connectivity index (χ0n) is 10.4. The van der Waals surface area contributed by atoms with Gasteiger partial charge in [0.05, 0.1) is 18.2 Å². The number of nitriles is 1. The van der Waals surface area contributed by atoms with E-state index in [9.17, 15) is 4.39 Å². The first kappa shape index (κ1) is 14.0. The molecule has 1 aromatic carbocycles. The van der Waals surface area contributed by atoms with Gasteiger partial charge in [-0.3, -0.25) is 0 Å². The van der Waals surface area contributed by atoms with Crippen molar-refractivity contribution in [1.82, 2.24) is 5.32 Å². The van der Waals surface area contributed by atoms with Crippen molar-refractivity contribution in [2.75, 3.05) is 6.54 Å². The first-order valence-electron chi connectivity index (χ1n) is 5.89. The molecule has 4 nitrogen and oxygen atoms in total. The molecule has 0 aliphatic carbocycles. The van der Waals surface area contributed by atoms with Crippen molar-refractivity contribution in [1.29, 1.82) is 5.26 Å². The lowest BCUT2D eigenvalue weighted by atomic mass is 10.1. The molecule has 5 heteroatoms. The summed E-state index contributed by atoms with van der Waals surface area (Å²) in [6.45, 7) is 3.02. The Morgan fingerprint density at radius 3 is 2.94 bits per heavy atom. The van der Waals surface area contributed by atoms with Gasteiger partial charge in [0.25, 0.3) is 0 Å². The van der Waals surface area contributed by atoms with Crippen LogP contribution in [-0.4, -0.2) is 12.5 Å². The zero-order chi connectivity index (χ0) is 13.4. The molecule has 1 aromatic rings. The largest absolute Gasteiger partial charge is 0.370 e. The minimum atomic E-state index is -0.431. The Kier molecular flexibility index (Phi) is 5.65. The fourth-order valence-corrected chi connectivity index (χ4v) is 1.36. The van der Waals surface area contributed by atoms with Gasteiger partial charge in [0.2, 0.25) is 0 Å². The molecule has 0 aliphatic rings. The van der Waals surface area contributed by atoms with E-state index in [4.69, 9.17) is 11.0 Å². The van der Waals surface area contributed by atoms with Gasteiger partial charge in [-0.05, 0) is 18.6 Å². The van der Waals surface area contributed by atoms with Crippen molar-refractivity contribution >= 4 is 5.96 Å². The van der Waals surface area contributed by atoms with Gasteiger partial charge < -0.3 is 11.1 Å². The second-order valence-electron chi connectivity index (χ2n) is 3.90. The van der Waals surface area contributed by atoms with E-state index in [1.807, 2.05) is 6.07 Å². The molecular weight excluding hydrogens is 231 g/mol.